The highest BCUT2D eigenvalue weighted by Crippen LogP contribution is 2.28. The van der Waals surface area contributed by atoms with E-state index >= 15 is 0 Å². The standard InChI is InChI=1S/C21H27N5O2/c27-20-11-16-3-1-2-4-18(16)24-26(20)12-15-5-8-25(9-6-15)21-17-13-28-10-7-19(17)22-14-23-21/h11,14-15H,1-10,12-13H2. The van der Waals surface area contributed by atoms with Crippen molar-refractivity contribution in [2.75, 3.05) is 24.6 Å². The number of hydrogen-bond donors (Lipinski definition) is 0. The highest BCUT2D eigenvalue weighted by Gasteiger charge is 2.25. The van der Waals surface area contributed by atoms with Crippen LogP contribution in [0.3, 0.4) is 0 Å². The molecule has 0 aromatic carbocycles. The van der Waals surface area contributed by atoms with E-state index in [0.29, 0.717) is 12.5 Å². The lowest BCUT2D eigenvalue weighted by Crippen LogP contribution is -2.38. The summed E-state index contributed by atoms with van der Waals surface area (Å²) in [5.74, 6) is 1.52. The molecule has 2 aromatic rings. The Morgan fingerprint density at radius 3 is 2.82 bits per heavy atom. The summed E-state index contributed by atoms with van der Waals surface area (Å²) >= 11 is 0. The zero-order chi connectivity index (χ0) is 18.9. The number of rotatable bonds is 3. The van der Waals surface area contributed by atoms with Gasteiger partial charge in [0, 0.05) is 37.7 Å². The van der Waals surface area contributed by atoms with Crippen molar-refractivity contribution in [3.63, 3.8) is 0 Å². The highest BCUT2D eigenvalue weighted by molar-refractivity contribution is 5.49. The maximum absolute atomic E-state index is 12.5. The van der Waals surface area contributed by atoms with Crippen LogP contribution >= 0.6 is 0 Å². The molecule has 0 radical (unpaired) electrons. The summed E-state index contributed by atoms with van der Waals surface area (Å²) in [5, 5.41) is 4.70. The van der Waals surface area contributed by atoms with Gasteiger partial charge >= 0.3 is 0 Å². The second kappa shape index (κ2) is 7.62. The van der Waals surface area contributed by atoms with E-state index < -0.39 is 0 Å². The molecule has 28 heavy (non-hydrogen) atoms. The lowest BCUT2D eigenvalue weighted by atomic mass is 9.95. The minimum Gasteiger partial charge on any atom is -0.376 e. The smallest absolute Gasteiger partial charge is 0.267 e. The molecule has 0 amide bonds. The van der Waals surface area contributed by atoms with Crippen molar-refractivity contribution in [1.82, 2.24) is 19.7 Å². The molecule has 7 heteroatoms. The van der Waals surface area contributed by atoms with E-state index in [2.05, 4.69) is 14.9 Å². The Labute approximate surface area is 164 Å². The summed E-state index contributed by atoms with van der Waals surface area (Å²) < 4.78 is 7.35. The van der Waals surface area contributed by atoms with Gasteiger partial charge in [0.2, 0.25) is 0 Å². The van der Waals surface area contributed by atoms with Crippen molar-refractivity contribution in [1.29, 1.82) is 0 Å². The summed E-state index contributed by atoms with van der Waals surface area (Å²) in [6.07, 6.45) is 9.02. The number of fused-ring (bicyclic) bond motifs is 2. The summed E-state index contributed by atoms with van der Waals surface area (Å²) in [5.41, 5.74) is 4.64. The molecule has 5 rings (SSSR count). The molecule has 7 nitrogen and oxygen atoms in total. The van der Waals surface area contributed by atoms with E-state index in [1.165, 1.54) is 12.8 Å². The van der Waals surface area contributed by atoms with Gasteiger partial charge in [0.05, 0.1) is 24.6 Å². The molecule has 0 unspecified atom stereocenters. The predicted octanol–water partition coefficient (Wildman–Crippen LogP) is 1.90. The minimum atomic E-state index is 0.0603. The number of hydrogen-bond acceptors (Lipinski definition) is 6. The van der Waals surface area contributed by atoms with Gasteiger partial charge in [-0.2, -0.15) is 5.10 Å². The Balaban J connectivity index is 1.27. The molecule has 0 atom stereocenters. The third kappa shape index (κ3) is 3.43. The van der Waals surface area contributed by atoms with E-state index in [-0.39, 0.29) is 5.56 Å². The van der Waals surface area contributed by atoms with Crippen LogP contribution in [0.4, 0.5) is 5.82 Å². The second-order valence-corrected chi connectivity index (χ2v) is 8.20. The van der Waals surface area contributed by atoms with Crippen molar-refractivity contribution >= 4 is 5.82 Å². The normalized spacial score (nSPS) is 19.9. The quantitative estimate of drug-likeness (QED) is 0.809. The van der Waals surface area contributed by atoms with E-state index in [4.69, 9.17) is 9.84 Å². The molecule has 0 spiro atoms. The average molecular weight is 381 g/mol. The van der Waals surface area contributed by atoms with Gasteiger partial charge in [0.25, 0.3) is 5.56 Å². The Kier molecular flexibility index (Phi) is 4.84. The van der Waals surface area contributed by atoms with Crippen molar-refractivity contribution in [3.05, 3.63) is 45.3 Å². The molecule has 2 aromatic heterocycles. The Bertz CT molecular complexity index is 917. The first-order chi connectivity index (χ1) is 13.8. The van der Waals surface area contributed by atoms with Crippen molar-refractivity contribution in [3.8, 4) is 0 Å². The average Bonchev–Trinajstić information content (AvgIpc) is 2.74. The van der Waals surface area contributed by atoms with E-state index in [1.54, 1.807) is 11.0 Å². The summed E-state index contributed by atoms with van der Waals surface area (Å²) in [7, 11) is 0. The molecule has 1 saturated heterocycles. The van der Waals surface area contributed by atoms with Gasteiger partial charge in [0.15, 0.2) is 0 Å². The van der Waals surface area contributed by atoms with Crippen LogP contribution < -0.4 is 10.5 Å². The molecule has 148 valence electrons. The summed E-state index contributed by atoms with van der Waals surface area (Å²) in [6, 6.07) is 1.82. The monoisotopic (exact) mass is 381 g/mol. The van der Waals surface area contributed by atoms with Crippen LogP contribution in [-0.2, 0) is 37.2 Å². The van der Waals surface area contributed by atoms with Crippen LogP contribution in [-0.4, -0.2) is 39.4 Å². The Morgan fingerprint density at radius 1 is 1.07 bits per heavy atom. The first-order valence-electron chi connectivity index (χ1n) is 10.5. The molecular weight excluding hydrogens is 354 g/mol. The fraction of sp³-hybridized carbons (Fsp3) is 0.619. The van der Waals surface area contributed by atoms with E-state index in [1.807, 2.05) is 6.07 Å². The van der Waals surface area contributed by atoms with Gasteiger partial charge in [-0.05, 0) is 50.0 Å². The van der Waals surface area contributed by atoms with Crippen LogP contribution in [0.15, 0.2) is 17.2 Å². The third-order valence-electron chi connectivity index (χ3n) is 6.36. The van der Waals surface area contributed by atoms with E-state index in [0.717, 1.165) is 86.7 Å². The molecular formula is C21H27N5O2. The third-order valence-corrected chi connectivity index (χ3v) is 6.36. The van der Waals surface area contributed by atoms with Gasteiger partial charge in [-0.25, -0.2) is 14.6 Å². The van der Waals surface area contributed by atoms with Gasteiger partial charge in [-0.15, -0.1) is 0 Å². The van der Waals surface area contributed by atoms with Crippen molar-refractivity contribution < 1.29 is 4.74 Å². The van der Waals surface area contributed by atoms with Crippen LogP contribution in [0.5, 0.6) is 0 Å². The number of aryl methyl sites for hydroxylation is 2. The molecule has 1 fully saturated rings. The van der Waals surface area contributed by atoms with E-state index in [9.17, 15) is 4.79 Å². The summed E-state index contributed by atoms with van der Waals surface area (Å²) in [4.78, 5) is 23.8. The number of piperidine rings is 1. The molecule has 1 aliphatic carbocycles. The largest absolute Gasteiger partial charge is 0.376 e. The Hall–Kier alpha value is -2.28. The second-order valence-electron chi connectivity index (χ2n) is 8.20. The van der Waals surface area contributed by atoms with Crippen LogP contribution in [0.1, 0.15) is 48.2 Å². The van der Waals surface area contributed by atoms with Gasteiger partial charge < -0.3 is 9.64 Å². The number of ether oxygens (including phenoxy) is 1. The first kappa shape index (κ1) is 17.8. The fourth-order valence-electron chi connectivity index (χ4n) is 4.72. The lowest BCUT2D eigenvalue weighted by Gasteiger charge is -2.34. The lowest BCUT2D eigenvalue weighted by molar-refractivity contribution is 0.109. The minimum absolute atomic E-state index is 0.0603. The highest BCUT2D eigenvalue weighted by atomic mass is 16.5. The molecule has 4 heterocycles. The molecule has 3 aliphatic rings. The van der Waals surface area contributed by atoms with Crippen molar-refractivity contribution in [2.45, 2.75) is 58.1 Å². The molecule has 2 aliphatic heterocycles. The van der Waals surface area contributed by atoms with Crippen LogP contribution in [0, 0.1) is 5.92 Å². The predicted molar refractivity (Wildman–Crippen MR) is 105 cm³/mol. The van der Waals surface area contributed by atoms with Gasteiger partial charge in [-0.3, -0.25) is 4.79 Å². The fourth-order valence-corrected chi connectivity index (χ4v) is 4.72. The topological polar surface area (TPSA) is 73.1 Å². The number of aromatic nitrogens is 4. The first-order valence-corrected chi connectivity index (χ1v) is 10.5. The summed E-state index contributed by atoms with van der Waals surface area (Å²) in [6.45, 7) is 3.99. The Morgan fingerprint density at radius 2 is 1.93 bits per heavy atom. The molecule has 0 saturated carbocycles. The van der Waals surface area contributed by atoms with Crippen LogP contribution in [0.2, 0.25) is 0 Å². The molecule has 0 N–H and O–H groups in total. The van der Waals surface area contributed by atoms with Crippen molar-refractivity contribution in [2.24, 2.45) is 5.92 Å². The maximum atomic E-state index is 12.5. The maximum Gasteiger partial charge on any atom is 0.267 e. The molecule has 0 bridgehead atoms. The zero-order valence-electron chi connectivity index (χ0n) is 16.3. The van der Waals surface area contributed by atoms with Crippen LogP contribution in [0.25, 0.3) is 0 Å². The zero-order valence-corrected chi connectivity index (χ0v) is 16.3. The number of anilines is 1. The van der Waals surface area contributed by atoms with Gasteiger partial charge in [-0.1, -0.05) is 0 Å². The SMILES string of the molecule is O=c1cc2c(nn1CC1CCN(c3ncnc4c3COCC4)CC1)CCCC2. The number of nitrogens with zero attached hydrogens (tertiary/aromatic N) is 5. The van der Waals surface area contributed by atoms with Gasteiger partial charge in [0.1, 0.15) is 12.1 Å².